The second-order valence-corrected chi connectivity index (χ2v) is 6.31. The van der Waals surface area contributed by atoms with Gasteiger partial charge >= 0.3 is 0 Å². The lowest BCUT2D eigenvalue weighted by Gasteiger charge is -2.26. The summed E-state index contributed by atoms with van der Waals surface area (Å²) >= 11 is 0. The molecule has 0 amide bonds. The number of hydrogen-bond acceptors (Lipinski definition) is 4. The molecule has 2 aromatic rings. The SMILES string of the molecule is Cc1cnc(OC(C)C)c2cccc(NC3CCNCC3)c12. The van der Waals surface area contributed by atoms with Crippen molar-refractivity contribution in [2.45, 2.75) is 45.8 Å². The first-order valence-corrected chi connectivity index (χ1v) is 8.17. The molecule has 1 saturated heterocycles. The maximum Gasteiger partial charge on any atom is 0.221 e. The normalized spacial score (nSPS) is 16.2. The van der Waals surface area contributed by atoms with Gasteiger partial charge in [-0.1, -0.05) is 6.07 Å². The number of aromatic nitrogens is 1. The standard InChI is InChI=1S/C18H25N3O/c1-12(2)22-18-15-5-4-6-16(17(15)13(3)11-20-18)21-14-7-9-19-10-8-14/h4-6,11-12,14,19,21H,7-10H2,1-3H3. The van der Waals surface area contributed by atoms with Crippen LogP contribution in [-0.4, -0.2) is 30.2 Å². The van der Waals surface area contributed by atoms with E-state index in [1.807, 2.05) is 20.0 Å². The van der Waals surface area contributed by atoms with Crippen molar-refractivity contribution in [1.29, 1.82) is 0 Å². The number of pyridine rings is 1. The summed E-state index contributed by atoms with van der Waals surface area (Å²) < 4.78 is 5.88. The van der Waals surface area contributed by atoms with Crippen molar-refractivity contribution >= 4 is 16.5 Å². The zero-order valence-corrected chi connectivity index (χ0v) is 13.6. The summed E-state index contributed by atoms with van der Waals surface area (Å²) in [6.45, 7) is 8.35. The molecule has 0 unspecified atom stereocenters. The fourth-order valence-corrected chi connectivity index (χ4v) is 3.07. The molecule has 3 rings (SSSR count). The van der Waals surface area contributed by atoms with E-state index in [1.54, 1.807) is 0 Å². The predicted octanol–water partition coefficient (Wildman–Crippen LogP) is 3.49. The molecular weight excluding hydrogens is 274 g/mol. The Morgan fingerprint density at radius 2 is 2.05 bits per heavy atom. The molecule has 2 N–H and O–H groups in total. The van der Waals surface area contributed by atoms with Gasteiger partial charge in [-0.2, -0.15) is 0 Å². The van der Waals surface area contributed by atoms with E-state index in [0.29, 0.717) is 6.04 Å². The second-order valence-electron chi connectivity index (χ2n) is 6.31. The lowest BCUT2D eigenvalue weighted by Crippen LogP contribution is -2.35. The van der Waals surface area contributed by atoms with E-state index in [4.69, 9.17) is 4.74 Å². The zero-order valence-electron chi connectivity index (χ0n) is 13.6. The van der Waals surface area contributed by atoms with E-state index >= 15 is 0 Å². The summed E-state index contributed by atoms with van der Waals surface area (Å²) in [6, 6.07) is 6.88. The van der Waals surface area contributed by atoms with Crippen molar-refractivity contribution in [3.05, 3.63) is 30.0 Å². The van der Waals surface area contributed by atoms with Gasteiger partial charge in [-0.25, -0.2) is 4.98 Å². The lowest BCUT2D eigenvalue weighted by atomic mass is 10.0. The highest BCUT2D eigenvalue weighted by Crippen LogP contribution is 2.33. The zero-order chi connectivity index (χ0) is 15.5. The highest BCUT2D eigenvalue weighted by atomic mass is 16.5. The predicted molar refractivity (Wildman–Crippen MR) is 91.8 cm³/mol. The Morgan fingerprint density at radius 1 is 1.27 bits per heavy atom. The van der Waals surface area contributed by atoms with Crippen molar-refractivity contribution in [2.75, 3.05) is 18.4 Å². The molecule has 22 heavy (non-hydrogen) atoms. The average Bonchev–Trinajstić information content (AvgIpc) is 2.51. The number of piperidine rings is 1. The fraction of sp³-hybridized carbons (Fsp3) is 0.500. The number of aryl methyl sites for hydroxylation is 1. The Morgan fingerprint density at radius 3 is 2.77 bits per heavy atom. The molecule has 1 aliphatic rings. The fourth-order valence-electron chi connectivity index (χ4n) is 3.07. The Kier molecular flexibility index (Phi) is 4.48. The molecule has 0 spiro atoms. The quantitative estimate of drug-likeness (QED) is 0.907. The number of anilines is 1. The van der Waals surface area contributed by atoms with Crippen LogP contribution in [0.25, 0.3) is 10.8 Å². The molecule has 0 bridgehead atoms. The van der Waals surface area contributed by atoms with E-state index in [1.165, 1.54) is 16.6 Å². The first-order valence-electron chi connectivity index (χ1n) is 8.17. The molecule has 0 radical (unpaired) electrons. The molecule has 1 aromatic heterocycles. The summed E-state index contributed by atoms with van der Waals surface area (Å²) in [6.07, 6.45) is 4.36. The third-order valence-electron chi connectivity index (χ3n) is 4.11. The van der Waals surface area contributed by atoms with E-state index in [0.717, 1.165) is 37.2 Å². The van der Waals surface area contributed by atoms with Gasteiger partial charge in [0, 0.05) is 28.7 Å². The molecule has 4 nitrogen and oxygen atoms in total. The minimum atomic E-state index is 0.124. The number of hydrogen-bond donors (Lipinski definition) is 2. The Hall–Kier alpha value is -1.81. The number of ether oxygens (including phenoxy) is 1. The molecule has 4 heteroatoms. The third kappa shape index (κ3) is 3.17. The van der Waals surface area contributed by atoms with Gasteiger partial charge in [0.1, 0.15) is 0 Å². The van der Waals surface area contributed by atoms with Crippen LogP contribution >= 0.6 is 0 Å². The van der Waals surface area contributed by atoms with Gasteiger partial charge < -0.3 is 15.4 Å². The number of rotatable bonds is 4. The van der Waals surface area contributed by atoms with Gasteiger partial charge in [0.05, 0.1) is 6.10 Å². The maximum atomic E-state index is 5.88. The molecule has 0 atom stereocenters. The van der Waals surface area contributed by atoms with E-state index in [2.05, 4.69) is 40.7 Å². The van der Waals surface area contributed by atoms with Gasteiger partial charge in [0.2, 0.25) is 5.88 Å². The van der Waals surface area contributed by atoms with Gasteiger partial charge in [-0.3, -0.25) is 0 Å². The van der Waals surface area contributed by atoms with Crippen LogP contribution < -0.4 is 15.4 Å². The van der Waals surface area contributed by atoms with E-state index < -0.39 is 0 Å². The summed E-state index contributed by atoms with van der Waals surface area (Å²) in [5.74, 6) is 0.726. The van der Waals surface area contributed by atoms with Crippen molar-refractivity contribution in [2.24, 2.45) is 0 Å². The first-order chi connectivity index (χ1) is 10.6. The summed E-state index contributed by atoms with van der Waals surface area (Å²) in [4.78, 5) is 4.47. The van der Waals surface area contributed by atoms with Crippen LogP contribution in [0.15, 0.2) is 24.4 Å². The third-order valence-corrected chi connectivity index (χ3v) is 4.11. The lowest BCUT2D eigenvalue weighted by molar-refractivity contribution is 0.236. The monoisotopic (exact) mass is 299 g/mol. The van der Waals surface area contributed by atoms with Gasteiger partial charge in [-0.15, -0.1) is 0 Å². The van der Waals surface area contributed by atoms with E-state index in [-0.39, 0.29) is 6.10 Å². The molecular formula is C18H25N3O. The highest BCUT2D eigenvalue weighted by molar-refractivity contribution is 5.99. The topological polar surface area (TPSA) is 46.2 Å². The number of nitrogens with zero attached hydrogens (tertiary/aromatic N) is 1. The molecule has 118 valence electrons. The molecule has 2 heterocycles. The van der Waals surface area contributed by atoms with Crippen LogP contribution in [0, 0.1) is 6.92 Å². The molecule has 1 aromatic carbocycles. The number of fused-ring (bicyclic) bond motifs is 1. The smallest absolute Gasteiger partial charge is 0.221 e. The summed E-state index contributed by atoms with van der Waals surface area (Å²) in [5.41, 5.74) is 2.38. The largest absolute Gasteiger partial charge is 0.475 e. The van der Waals surface area contributed by atoms with Crippen molar-refractivity contribution in [1.82, 2.24) is 10.3 Å². The molecule has 1 aliphatic heterocycles. The number of nitrogens with one attached hydrogen (secondary N) is 2. The average molecular weight is 299 g/mol. The molecule has 0 aliphatic carbocycles. The summed E-state index contributed by atoms with van der Waals surface area (Å²) in [7, 11) is 0. The van der Waals surface area contributed by atoms with Crippen LogP contribution in [0.4, 0.5) is 5.69 Å². The van der Waals surface area contributed by atoms with Crippen LogP contribution in [0.2, 0.25) is 0 Å². The van der Waals surface area contributed by atoms with Crippen LogP contribution in [0.1, 0.15) is 32.3 Å². The Bertz CT molecular complexity index is 648. The highest BCUT2D eigenvalue weighted by Gasteiger charge is 2.16. The first kappa shape index (κ1) is 15.1. The van der Waals surface area contributed by atoms with Crippen LogP contribution in [-0.2, 0) is 0 Å². The number of benzene rings is 1. The summed E-state index contributed by atoms with van der Waals surface area (Å²) in [5, 5.41) is 9.45. The Labute approximate surface area is 132 Å². The van der Waals surface area contributed by atoms with E-state index in [9.17, 15) is 0 Å². The molecule has 1 fully saturated rings. The van der Waals surface area contributed by atoms with Crippen molar-refractivity contribution < 1.29 is 4.74 Å². The van der Waals surface area contributed by atoms with Crippen molar-refractivity contribution in [3.63, 3.8) is 0 Å². The minimum Gasteiger partial charge on any atom is -0.475 e. The van der Waals surface area contributed by atoms with Gasteiger partial charge in [0.15, 0.2) is 0 Å². The van der Waals surface area contributed by atoms with Crippen LogP contribution in [0.3, 0.4) is 0 Å². The minimum absolute atomic E-state index is 0.124. The molecule has 0 saturated carbocycles. The van der Waals surface area contributed by atoms with Crippen LogP contribution in [0.5, 0.6) is 5.88 Å². The van der Waals surface area contributed by atoms with Gasteiger partial charge in [-0.05, 0) is 64.4 Å². The Balaban J connectivity index is 1.99. The van der Waals surface area contributed by atoms with Gasteiger partial charge in [0.25, 0.3) is 0 Å². The van der Waals surface area contributed by atoms with Crippen molar-refractivity contribution in [3.8, 4) is 5.88 Å². The second kappa shape index (κ2) is 6.53. The maximum absolute atomic E-state index is 5.88.